The summed E-state index contributed by atoms with van der Waals surface area (Å²) in [5, 5.41) is 9.07. The van der Waals surface area contributed by atoms with Gasteiger partial charge in [0.25, 0.3) is 5.56 Å². The number of aliphatic carboxylic acids is 1. The maximum atomic E-state index is 13.5. The van der Waals surface area contributed by atoms with E-state index in [1.54, 1.807) is 4.57 Å². The molecule has 166 valence electrons. The minimum absolute atomic E-state index is 0.0470. The summed E-state index contributed by atoms with van der Waals surface area (Å²) in [7, 11) is 0. The zero-order valence-electron chi connectivity index (χ0n) is 19.3. The maximum absolute atomic E-state index is 13.5. The molecule has 0 aliphatic carbocycles. The molecule has 0 unspecified atom stereocenters. The maximum Gasteiger partial charge on any atom is 0.303 e. The molecule has 0 fully saturated rings. The minimum atomic E-state index is -0.842. The monoisotopic (exact) mass is 429 g/mol. The molecular weight excluding hydrogens is 398 g/mol. The molecule has 3 aromatic rings. The van der Waals surface area contributed by atoms with E-state index in [9.17, 15) is 9.59 Å². The van der Waals surface area contributed by atoms with Gasteiger partial charge in [-0.05, 0) is 73.9 Å². The number of carboxylic acid groups (broad SMARTS) is 1. The van der Waals surface area contributed by atoms with Crippen molar-refractivity contribution in [3.63, 3.8) is 0 Å². The lowest BCUT2D eigenvalue weighted by Gasteiger charge is -2.17. The molecular formula is C28H31NO3. The fourth-order valence-corrected chi connectivity index (χ4v) is 4.27. The molecule has 0 atom stereocenters. The Bertz CT molecular complexity index is 1180. The summed E-state index contributed by atoms with van der Waals surface area (Å²) >= 11 is 0. The van der Waals surface area contributed by atoms with Gasteiger partial charge < -0.3 is 9.67 Å². The molecule has 0 spiro atoms. The Morgan fingerprint density at radius 2 is 1.59 bits per heavy atom. The highest BCUT2D eigenvalue weighted by atomic mass is 16.4. The molecule has 0 aliphatic rings. The summed E-state index contributed by atoms with van der Waals surface area (Å²) in [6.45, 7) is 8.76. The van der Waals surface area contributed by atoms with E-state index in [-0.39, 0.29) is 12.0 Å². The summed E-state index contributed by atoms with van der Waals surface area (Å²) in [5.74, 6) is -0.842. The topological polar surface area (TPSA) is 59.3 Å². The second-order valence-corrected chi connectivity index (χ2v) is 8.51. The van der Waals surface area contributed by atoms with E-state index >= 15 is 0 Å². The molecule has 1 heterocycles. The van der Waals surface area contributed by atoms with Gasteiger partial charge in [0.1, 0.15) is 0 Å². The van der Waals surface area contributed by atoms with Crippen molar-refractivity contribution >= 4 is 18.1 Å². The van der Waals surface area contributed by atoms with Crippen LogP contribution in [0.2, 0.25) is 0 Å². The van der Waals surface area contributed by atoms with Gasteiger partial charge in [0.2, 0.25) is 0 Å². The Balaban J connectivity index is 2.05. The summed E-state index contributed by atoms with van der Waals surface area (Å²) in [6.07, 6.45) is 6.82. The summed E-state index contributed by atoms with van der Waals surface area (Å²) < 4.78 is 1.77. The van der Waals surface area contributed by atoms with Crippen molar-refractivity contribution in [2.75, 3.05) is 0 Å². The molecule has 1 aromatic heterocycles. The van der Waals surface area contributed by atoms with Crippen molar-refractivity contribution < 1.29 is 9.90 Å². The highest BCUT2D eigenvalue weighted by Crippen LogP contribution is 2.20. The van der Waals surface area contributed by atoms with Crippen LogP contribution in [0.4, 0.5) is 0 Å². The van der Waals surface area contributed by atoms with E-state index in [1.165, 1.54) is 16.7 Å². The molecule has 0 amide bonds. The third kappa shape index (κ3) is 5.64. The van der Waals surface area contributed by atoms with Crippen LogP contribution in [0.15, 0.2) is 53.5 Å². The summed E-state index contributed by atoms with van der Waals surface area (Å²) in [6, 6.07) is 14.2. The molecule has 0 bridgehead atoms. The van der Waals surface area contributed by atoms with Gasteiger partial charge in [0.15, 0.2) is 0 Å². The molecule has 0 aliphatic heterocycles. The van der Waals surface area contributed by atoms with Gasteiger partial charge in [-0.25, -0.2) is 0 Å². The third-order valence-corrected chi connectivity index (χ3v) is 5.85. The third-order valence-electron chi connectivity index (χ3n) is 5.85. The predicted molar refractivity (Wildman–Crippen MR) is 131 cm³/mol. The number of benzene rings is 2. The van der Waals surface area contributed by atoms with E-state index in [2.05, 4.69) is 32.9 Å². The molecule has 1 N–H and O–H groups in total. The Labute approximate surface area is 189 Å². The number of aryl methyl sites for hydroxylation is 4. The van der Waals surface area contributed by atoms with Crippen LogP contribution in [-0.4, -0.2) is 15.6 Å². The molecule has 0 saturated heterocycles. The van der Waals surface area contributed by atoms with Crippen molar-refractivity contribution in [2.24, 2.45) is 0 Å². The van der Waals surface area contributed by atoms with E-state index < -0.39 is 5.97 Å². The van der Waals surface area contributed by atoms with Gasteiger partial charge in [-0.1, -0.05) is 60.2 Å². The van der Waals surface area contributed by atoms with Crippen molar-refractivity contribution in [3.8, 4) is 0 Å². The minimum Gasteiger partial charge on any atom is -0.481 e. The summed E-state index contributed by atoms with van der Waals surface area (Å²) in [5.41, 5.74) is 8.29. The van der Waals surface area contributed by atoms with Crippen molar-refractivity contribution in [3.05, 3.63) is 104 Å². The Morgan fingerprint density at radius 1 is 0.938 bits per heavy atom. The SMILES string of the molecule is Cc1cc(C)c(Cn2cc(C)c(C=Cc3ccccc3)c(CCCC(=O)O)c2=O)c(C)c1. The van der Waals surface area contributed by atoms with Crippen molar-refractivity contribution in [1.82, 2.24) is 4.57 Å². The largest absolute Gasteiger partial charge is 0.481 e. The number of hydrogen-bond donors (Lipinski definition) is 1. The van der Waals surface area contributed by atoms with E-state index in [4.69, 9.17) is 5.11 Å². The molecule has 4 nitrogen and oxygen atoms in total. The predicted octanol–water partition coefficient (Wildman–Crippen LogP) is 5.71. The van der Waals surface area contributed by atoms with Crippen molar-refractivity contribution in [1.29, 1.82) is 0 Å². The Morgan fingerprint density at radius 3 is 2.22 bits per heavy atom. The molecule has 4 heteroatoms. The van der Waals surface area contributed by atoms with Gasteiger partial charge in [-0.2, -0.15) is 0 Å². The van der Waals surface area contributed by atoms with Gasteiger partial charge in [-0.3, -0.25) is 9.59 Å². The molecule has 0 saturated carbocycles. The smallest absolute Gasteiger partial charge is 0.303 e. The lowest BCUT2D eigenvalue weighted by Crippen LogP contribution is -2.26. The first-order valence-electron chi connectivity index (χ1n) is 11.0. The van der Waals surface area contributed by atoms with Crippen LogP contribution in [0.1, 0.15) is 57.3 Å². The fourth-order valence-electron chi connectivity index (χ4n) is 4.27. The number of carbonyl (C=O) groups is 1. The van der Waals surface area contributed by atoms with Crippen LogP contribution in [0, 0.1) is 27.7 Å². The van der Waals surface area contributed by atoms with Crippen LogP contribution in [0.3, 0.4) is 0 Å². The first-order chi connectivity index (χ1) is 15.3. The lowest BCUT2D eigenvalue weighted by molar-refractivity contribution is -0.137. The zero-order valence-corrected chi connectivity index (χ0v) is 19.3. The quantitative estimate of drug-likeness (QED) is 0.499. The molecule has 32 heavy (non-hydrogen) atoms. The van der Waals surface area contributed by atoms with Crippen LogP contribution >= 0.6 is 0 Å². The molecule has 3 rings (SSSR count). The average Bonchev–Trinajstić information content (AvgIpc) is 2.73. The number of rotatable bonds is 8. The van der Waals surface area contributed by atoms with Crippen LogP contribution < -0.4 is 5.56 Å². The number of carboxylic acids is 1. The fraction of sp³-hybridized carbons (Fsp3) is 0.286. The van der Waals surface area contributed by atoms with Gasteiger partial charge in [-0.15, -0.1) is 0 Å². The second-order valence-electron chi connectivity index (χ2n) is 8.51. The number of pyridine rings is 1. The van der Waals surface area contributed by atoms with Gasteiger partial charge in [0, 0.05) is 18.2 Å². The second kappa shape index (κ2) is 10.3. The van der Waals surface area contributed by atoms with E-state index in [0.29, 0.717) is 24.9 Å². The summed E-state index contributed by atoms with van der Waals surface area (Å²) in [4.78, 5) is 24.6. The molecule has 0 radical (unpaired) electrons. The van der Waals surface area contributed by atoms with Crippen LogP contribution in [0.25, 0.3) is 12.2 Å². The molecule has 2 aromatic carbocycles. The highest BCUT2D eigenvalue weighted by molar-refractivity contribution is 5.72. The normalized spacial score (nSPS) is 11.2. The highest BCUT2D eigenvalue weighted by Gasteiger charge is 2.14. The van der Waals surface area contributed by atoms with E-state index in [0.717, 1.165) is 22.3 Å². The van der Waals surface area contributed by atoms with Crippen molar-refractivity contribution in [2.45, 2.75) is 53.5 Å². The lowest BCUT2D eigenvalue weighted by atomic mass is 9.97. The Kier molecular flexibility index (Phi) is 7.47. The number of hydrogen-bond acceptors (Lipinski definition) is 2. The van der Waals surface area contributed by atoms with Gasteiger partial charge >= 0.3 is 5.97 Å². The Hall–Kier alpha value is -3.40. The first-order valence-corrected chi connectivity index (χ1v) is 11.0. The average molecular weight is 430 g/mol. The zero-order chi connectivity index (χ0) is 23.3. The van der Waals surface area contributed by atoms with Gasteiger partial charge in [0.05, 0.1) is 6.54 Å². The number of nitrogens with zero attached hydrogens (tertiary/aromatic N) is 1. The van der Waals surface area contributed by atoms with Crippen LogP contribution in [-0.2, 0) is 17.8 Å². The van der Waals surface area contributed by atoms with Crippen LogP contribution in [0.5, 0.6) is 0 Å². The number of aromatic nitrogens is 1. The standard InChI is InChI=1S/C28H31NO3/c1-19-15-20(2)26(21(3)16-19)18-29-17-22(4)24(14-13-23-9-6-5-7-10-23)25(28(29)32)11-8-12-27(30)31/h5-7,9-10,13-17H,8,11-12,18H2,1-4H3,(H,30,31). The van der Waals surface area contributed by atoms with E-state index in [1.807, 2.05) is 55.6 Å². The first kappa shape index (κ1) is 23.3.